The quantitative estimate of drug-likeness (QED) is 0.557. The molecule has 12 heavy (non-hydrogen) atoms. The van der Waals surface area contributed by atoms with Crippen molar-refractivity contribution in [3.63, 3.8) is 0 Å². The predicted molar refractivity (Wildman–Crippen MR) is 52.9 cm³/mol. The third-order valence-electron chi connectivity index (χ3n) is 4.82. The molecule has 0 aliphatic heterocycles. The molecule has 0 N–H and O–H groups in total. The molecule has 4 atom stereocenters. The van der Waals surface area contributed by atoms with E-state index in [2.05, 4.69) is 27.7 Å². The first kappa shape index (κ1) is 8.59. The van der Waals surface area contributed by atoms with Crippen LogP contribution in [0.3, 0.4) is 0 Å². The molecule has 0 heteroatoms. The van der Waals surface area contributed by atoms with Gasteiger partial charge >= 0.3 is 0 Å². The van der Waals surface area contributed by atoms with E-state index >= 15 is 0 Å². The summed E-state index contributed by atoms with van der Waals surface area (Å²) in [4.78, 5) is 0. The lowest BCUT2D eigenvalue weighted by Crippen LogP contribution is -2.35. The standard InChI is InChI=1S/C12H22/c1-5-9-6-10-7-12(3,4)8(2)11(9)10/h8-11H,5-7H2,1-4H3. The molecule has 0 radical (unpaired) electrons. The van der Waals surface area contributed by atoms with Crippen LogP contribution in [0.4, 0.5) is 0 Å². The van der Waals surface area contributed by atoms with Crippen LogP contribution in [0.25, 0.3) is 0 Å². The molecule has 0 aromatic heterocycles. The van der Waals surface area contributed by atoms with Crippen LogP contribution in [0.5, 0.6) is 0 Å². The van der Waals surface area contributed by atoms with E-state index in [0.717, 1.165) is 23.7 Å². The van der Waals surface area contributed by atoms with E-state index in [1.165, 1.54) is 19.3 Å². The average molecular weight is 166 g/mol. The molecule has 0 amide bonds. The van der Waals surface area contributed by atoms with E-state index in [4.69, 9.17) is 0 Å². The fraction of sp³-hybridized carbons (Fsp3) is 1.00. The molecule has 0 aromatic carbocycles. The second-order valence-corrected chi connectivity index (χ2v) is 5.72. The van der Waals surface area contributed by atoms with Crippen molar-refractivity contribution < 1.29 is 0 Å². The molecule has 4 unspecified atom stereocenters. The Bertz CT molecular complexity index is 180. The number of hydrogen-bond acceptors (Lipinski definition) is 0. The Hall–Kier alpha value is 0. The van der Waals surface area contributed by atoms with Crippen molar-refractivity contribution in [2.45, 2.75) is 47.0 Å². The molecule has 2 saturated carbocycles. The van der Waals surface area contributed by atoms with Crippen molar-refractivity contribution >= 4 is 0 Å². The van der Waals surface area contributed by atoms with Crippen molar-refractivity contribution in [3.05, 3.63) is 0 Å². The minimum Gasteiger partial charge on any atom is -0.0651 e. The van der Waals surface area contributed by atoms with Gasteiger partial charge in [-0.05, 0) is 41.9 Å². The highest BCUT2D eigenvalue weighted by molar-refractivity contribution is 5.03. The Morgan fingerprint density at radius 3 is 2.50 bits per heavy atom. The highest BCUT2D eigenvalue weighted by Crippen LogP contribution is 2.61. The van der Waals surface area contributed by atoms with Crippen molar-refractivity contribution in [1.29, 1.82) is 0 Å². The van der Waals surface area contributed by atoms with E-state index in [-0.39, 0.29) is 0 Å². The molecular weight excluding hydrogens is 144 g/mol. The zero-order valence-corrected chi connectivity index (χ0v) is 8.93. The lowest BCUT2D eigenvalue weighted by Gasteiger charge is -2.42. The van der Waals surface area contributed by atoms with E-state index in [1.54, 1.807) is 0 Å². The summed E-state index contributed by atoms with van der Waals surface area (Å²) in [5.74, 6) is 4.23. The van der Waals surface area contributed by atoms with Gasteiger partial charge in [0, 0.05) is 0 Å². The minimum atomic E-state index is 0.638. The topological polar surface area (TPSA) is 0 Å². The van der Waals surface area contributed by atoms with Gasteiger partial charge in [-0.3, -0.25) is 0 Å². The largest absolute Gasteiger partial charge is 0.0651 e. The normalized spacial score (nSPS) is 50.0. The van der Waals surface area contributed by atoms with Crippen molar-refractivity contribution in [2.24, 2.45) is 29.1 Å². The fourth-order valence-corrected chi connectivity index (χ4v) is 3.75. The molecular formula is C12H22. The number of rotatable bonds is 1. The van der Waals surface area contributed by atoms with Crippen molar-refractivity contribution in [1.82, 2.24) is 0 Å². The smallest absolute Gasteiger partial charge is 0.0323 e. The maximum absolute atomic E-state index is 2.48. The van der Waals surface area contributed by atoms with Crippen LogP contribution in [-0.4, -0.2) is 0 Å². The van der Waals surface area contributed by atoms with Gasteiger partial charge in [-0.15, -0.1) is 0 Å². The van der Waals surface area contributed by atoms with E-state index < -0.39 is 0 Å². The lowest BCUT2D eigenvalue weighted by atomic mass is 9.63. The van der Waals surface area contributed by atoms with Gasteiger partial charge < -0.3 is 0 Å². The zero-order valence-electron chi connectivity index (χ0n) is 8.93. The summed E-state index contributed by atoms with van der Waals surface area (Å²) in [6, 6.07) is 0. The van der Waals surface area contributed by atoms with E-state index in [0.29, 0.717) is 5.41 Å². The summed E-state index contributed by atoms with van der Waals surface area (Å²) in [5, 5.41) is 0. The SMILES string of the molecule is CCC1CC2CC(C)(C)C(C)C12. The summed E-state index contributed by atoms with van der Waals surface area (Å²) in [5.41, 5.74) is 0.638. The second kappa shape index (κ2) is 2.49. The van der Waals surface area contributed by atoms with E-state index in [9.17, 15) is 0 Å². The molecule has 0 aromatic rings. The summed E-state index contributed by atoms with van der Waals surface area (Å²) < 4.78 is 0. The van der Waals surface area contributed by atoms with Crippen LogP contribution in [-0.2, 0) is 0 Å². The maximum atomic E-state index is 2.48. The van der Waals surface area contributed by atoms with Crippen LogP contribution in [0.15, 0.2) is 0 Å². The molecule has 2 fully saturated rings. The first-order valence-electron chi connectivity index (χ1n) is 5.56. The Balaban J connectivity index is 2.10. The molecule has 0 spiro atoms. The van der Waals surface area contributed by atoms with Gasteiger partial charge in [0.25, 0.3) is 0 Å². The Labute approximate surface area is 76.7 Å². The van der Waals surface area contributed by atoms with Gasteiger partial charge in [0.05, 0.1) is 0 Å². The Morgan fingerprint density at radius 1 is 1.33 bits per heavy atom. The van der Waals surface area contributed by atoms with Gasteiger partial charge in [-0.2, -0.15) is 0 Å². The molecule has 0 saturated heterocycles. The summed E-state index contributed by atoms with van der Waals surface area (Å²) in [6.45, 7) is 9.76. The van der Waals surface area contributed by atoms with Crippen LogP contribution in [0, 0.1) is 29.1 Å². The lowest BCUT2D eigenvalue weighted by molar-refractivity contribution is 0.0638. The summed E-state index contributed by atoms with van der Waals surface area (Å²) in [7, 11) is 0. The zero-order chi connectivity index (χ0) is 8.93. The third-order valence-corrected chi connectivity index (χ3v) is 4.82. The van der Waals surface area contributed by atoms with Crippen LogP contribution in [0.2, 0.25) is 0 Å². The summed E-state index contributed by atoms with van der Waals surface area (Å²) in [6.07, 6.45) is 4.45. The van der Waals surface area contributed by atoms with Gasteiger partial charge in [0.15, 0.2) is 0 Å². The predicted octanol–water partition coefficient (Wildman–Crippen LogP) is 3.71. The van der Waals surface area contributed by atoms with E-state index in [1.807, 2.05) is 0 Å². The van der Waals surface area contributed by atoms with Gasteiger partial charge in [-0.25, -0.2) is 0 Å². The molecule has 2 aliphatic rings. The number of fused-ring (bicyclic) bond motifs is 1. The first-order chi connectivity index (χ1) is 5.56. The fourth-order valence-electron chi connectivity index (χ4n) is 3.75. The monoisotopic (exact) mass is 166 g/mol. The molecule has 2 rings (SSSR count). The molecule has 2 aliphatic carbocycles. The number of hydrogen-bond donors (Lipinski definition) is 0. The minimum absolute atomic E-state index is 0.638. The van der Waals surface area contributed by atoms with Crippen molar-refractivity contribution in [3.8, 4) is 0 Å². The van der Waals surface area contributed by atoms with Crippen LogP contribution < -0.4 is 0 Å². The molecule has 0 bridgehead atoms. The highest BCUT2D eigenvalue weighted by Gasteiger charge is 2.54. The molecule has 0 heterocycles. The Kier molecular flexibility index (Phi) is 1.79. The third kappa shape index (κ3) is 0.963. The van der Waals surface area contributed by atoms with Crippen molar-refractivity contribution in [2.75, 3.05) is 0 Å². The van der Waals surface area contributed by atoms with Gasteiger partial charge in [0.1, 0.15) is 0 Å². The Morgan fingerprint density at radius 2 is 2.00 bits per heavy atom. The van der Waals surface area contributed by atoms with Gasteiger partial charge in [0.2, 0.25) is 0 Å². The molecule has 0 nitrogen and oxygen atoms in total. The van der Waals surface area contributed by atoms with Crippen LogP contribution >= 0.6 is 0 Å². The van der Waals surface area contributed by atoms with Gasteiger partial charge in [-0.1, -0.05) is 34.1 Å². The average Bonchev–Trinajstić information content (AvgIpc) is 2.10. The highest BCUT2D eigenvalue weighted by atomic mass is 14.6. The maximum Gasteiger partial charge on any atom is -0.0323 e. The summed E-state index contributed by atoms with van der Waals surface area (Å²) >= 11 is 0. The molecule has 70 valence electrons. The van der Waals surface area contributed by atoms with Crippen LogP contribution in [0.1, 0.15) is 47.0 Å². The second-order valence-electron chi connectivity index (χ2n) is 5.72. The first-order valence-corrected chi connectivity index (χ1v) is 5.56.